The second kappa shape index (κ2) is 5.49. The maximum absolute atomic E-state index is 12.4. The molecule has 0 spiro atoms. The summed E-state index contributed by atoms with van der Waals surface area (Å²) in [7, 11) is -7.96. The van der Waals surface area contributed by atoms with Crippen LogP contribution in [0.3, 0.4) is 0 Å². The van der Waals surface area contributed by atoms with Crippen LogP contribution in [-0.4, -0.2) is 38.4 Å². The predicted molar refractivity (Wildman–Crippen MR) is 85.1 cm³/mol. The summed E-state index contributed by atoms with van der Waals surface area (Å²) in [5, 5.41) is 15.9. The molecule has 1 heterocycles. The molecule has 0 aliphatic rings. The van der Waals surface area contributed by atoms with Gasteiger partial charge in [0.05, 0.1) is 10.9 Å². The van der Waals surface area contributed by atoms with E-state index in [0.717, 1.165) is 6.26 Å². The highest BCUT2D eigenvalue weighted by atomic mass is 32.2. The zero-order chi connectivity index (χ0) is 17.5. The summed E-state index contributed by atoms with van der Waals surface area (Å²) in [5.74, 6) is -0.643. The fraction of sp³-hybridized carbons (Fsp3) is 0.0714. The fourth-order valence-corrected chi connectivity index (χ4v) is 3.95. The summed E-state index contributed by atoms with van der Waals surface area (Å²) in [6, 6.07) is 9.30. The van der Waals surface area contributed by atoms with Crippen molar-refractivity contribution in [2.45, 2.75) is 9.79 Å². The molecule has 1 aromatic heterocycles. The Kier molecular flexibility index (Phi) is 3.73. The van der Waals surface area contributed by atoms with E-state index in [2.05, 4.69) is 10.2 Å². The van der Waals surface area contributed by atoms with Crippen molar-refractivity contribution < 1.29 is 26.1 Å². The molecule has 0 saturated heterocycles. The number of para-hydroxylation sites is 1. The Morgan fingerprint density at radius 3 is 2.50 bits per heavy atom. The van der Waals surface area contributed by atoms with Crippen LogP contribution >= 0.6 is 0 Å². The van der Waals surface area contributed by atoms with Crippen molar-refractivity contribution in [3.63, 3.8) is 0 Å². The van der Waals surface area contributed by atoms with Crippen LogP contribution in [0.15, 0.2) is 52.3 Å². The zero-order valence-electron chi connectivity index (χ0n) is 12.3. The Morgan fingerprint density at radius 1 is 1.08 bits per heavy atom. The van der Waals surface area contributed by atoms with Crippen LogP contribution in [0.2, 0.25) is 0 Å². The molecule has 2 aromatic carbocycles. The van der Waals surface area contributed by atoms with E-state index in [1.165, 1.54) is 42.5 Å². The smallest absolute Gasteiger partial charge is 0.339 e. The first-order valence-electron chi connectivity index (χ1n) is 6.59. The number of aromatic hydroxyl groups is 1. The summed E-state index contributed by atoms with van der Waals surface area (Å²) in [4.78, 5) is -0.476. The summed E-state index contributed by atoms with van der Waals surface area (Å²) < 4.78 is 53.3. The van der Waals surface area contributed by atoms with Gasteiger partial charge in [0.25, 0.3) is 0 Å². The molecule has 0 atom stereocenters. The monoisotopic (exact) mass is 368 g/mol. The topological polar surface area (TPSA) is 126 Å². The number of aromatic nitrogens is 2. The first-order valence-corrected chi connectivity index (χ1v) is 9.89. The van der Waals surface area contributed by atoms with Crippen molar-refractivity contribution >= 4 is 30.9 Å². The number of rotatable bonds is 4. The van der Waals surface area contributed by atoms with E-state index in [9.17, 15) is 21.9 Å². The Labute approximate surface area is 137 Å². The van der Waals surface area contributed by atoms with Gasteiger partial charge in [-0.3, -0.25) is 5.10 Å². The second-order valence-corrected chi connectivity index (χ2v) is 8.54. The maximum Gasteiger partial charge on any atom is 0.339 e. The van der Waals surface area contributed by atoms with Crippen LogP contribution in [0.4, 0.5) is 0 Å². The third-order valence-electron chi connectivity index (χ3n) is 3.25. The largest absolute Gasteiger partial charge is 0.492 e. The van der Waals surface area contributed by atoms with Crippen LogP contribution in [0, 0.1) is 0 Å². The van der Waals surface area contributed by atoms with Crippen molar-refractivity contribution in [1.82, 2.24) is 10.2 Å². The van der Waals surface area contributed by atoms with Gasteiger partial charge in [0, 0.05) is 6.26 Å². The Morgan fingerprint density at radius 2 is 1.79 bits per heavy atom. The maximum atomic E-state index is 12.4. The van der Waals surface area contributed by atoms with Gasteiger partial charge < -0.3 is 9.29 Å². The van der Waals surface area contributed by atoms with Crippen molar-refractivity contribution in [2.24, 2.45) is 0 Å². The Balaban J connectivity index is 2.07. The minimum atomic E-state index is -4.30. The number of benzene rings is 2. The Hall–Kier alpha value is -2.59. The van der Waals surface area contributed by atoms with Gasteiger partial charge in [-0.2, -0.15) is 8.42 Å². The molecule has 0 aliphatic heterocycles. The van der Waals surface area contributed by atoms with Crippen LogP contribution in [0.25, 0.3) is 10.9 Å². The third kappa shape index (κ3) is 2.93. The molecule has 0 radical (unpaired) electrons. The minimum absolute atomic E-state index is 0.205. The van der Waals surface area contributed by atoms with Gasteiger partial charge in [-0.05, 0) is 30.3 Å². The lowest BCUT2D eigenvalue weighted by molar-refractivity contribution is 0.457. The first kappa shape index (κ1) is 16.3. The molecule has 0 saturated carbocycles. The first-order chi connectivity index (χ1) is 11.2. The molecule has 0 fully saturated rings. The number of hydrogen-bond donors (Lipinski definition) is 2. The normalized spacial score (nSPS) is 12.4. The molecule has 24 heavy (non-hydrogen) atoms. The lowest BCUT2D eigenvalue weighted by atomic mass is 10.2. The van der Waals surface area contributed by atoms with Crippen molar-refractivity contribution in [2.75, 3.05) is 6.26 Å². The SMILES string of the molecule is CS(=O)(=O)c1ccccc1OS(=O)(=O)c1ccc2[nH]nc(O)c2c1. The van der Waals surface area contributed by atoms with Gasteiger partial charge in [-0.1, -0.05) is 12.1 Å². The van der Waals surface area contributed by atoms with Crippen LogP contribution in [0.5, 0.6) is 11.6 Å². The third-order valence-corrected chi connectivity index (χ3v) is 5.62. The molecule has 0 unspecified atom stereocenters. The number of nitrogens with one attached hydrogen (secondary N) is 1. The van der Waals surface area contributed by atoms with Crippen LogP contribution in [-0.2, 0) is 20.0 Å². The van der Waals surface area contributed by atoms with Gasteiger partial charge in [0.2, 0.25) is 5.88 Å². The summed E-state index contributed by atoms with van der Waals surface area (Å²) in [6.07, 6.45) is 0.956. The summed E-state index contributed by atoms with van der Waals surface area (Å²) in [5.41, 5.74) is 0.447. The molecule has 2 N–H and O–H groups in total. The summed E-state index contributed by atoms with van der Waals surface area (Å²) in [6.45, 7) is 0. The fourth-order valence-electron chi connectivity index (χ4n) is 2.13. The number of H-pyrrole nitrogens is 1. The van der Waals surface area contributed by atoms with Gasteiger partial charge >= 0.3 is 10.1 Å². The van der Waals surface area contributed by atoms with E-state index < -0.39 is 20.0 Å². The molecule has 0 amide bonds. The van der Waals surface area contributed by atoms with Gasteiger partial charge in [0.1, 0.15) is 9.79 Å². The minimum Gasteiger partial charge on any atom is -0.492 e. The molecule has 10 heteroatoms. The molecule has 0 aliphatic carbocycles. The molecular formula is C14H12N2O6S2. The van der Waals surface area contributed by atoms with E-state index in [1.54, 1.807) is 0 Å². The number of fused-ring (bicyclic) bond motifs is 1. The Bertz CT molecular complexity index is 1130. The lowest BCUT2D eigenvalue weighted by Gasteiger charge is -2.10. The highest BCUT2D eigenvalue weighted by Gasteiger charge is 2.22. The van der Waals surface area contributed by atoms with E-state index in [-0.39, 0.29) is 26.8 Å². The summed E-state index contributed by atoms with van der Waals surface area (Å²) >= 11 is 0. The zero-order valence-corrected chi connectivity index (χ0v) is 13.9. The molecule has 3 aromatic rings. The van der Waals surface area contributed by atoms with E-state index >= 15 is 0 Å². The van der Waals surface area contributed by atoms with E-state index in [0.29, 0.717) is 5.52 Å². The number of nitrogens with zero attached hydrogens (tertiary/aromatic N) is 1. The van der Waals surface area contributed by atoms with Crippen molar-refractivity contribution in [1.29, 1.82) is 0 Å². The molecule has 8 nitrogen and oxygen atoms in total. The highest BCUT2D eigenvalue weighted by Crippen LogP contribution is 2.29. The molecule has 126 valence electrons. The van der Waals surface area contributed by atoms with E-state index in [4.69, 9.17) is 4.18 Å². The van der Waals surface area contributed by atoms with Crippen molar-refractivity contribution in [3.05, 3.63) is 42.5 Å². The predicted octanol–water partition coefficient (Wildman–Crippen LogP) is 1.44. The second-order valence-electron chi connectivity index (χ2n) is 5.01. The average Bonchev–Trinajstić information content (AvgIpc) is 2.87. The van der Waals surface area contributed by atoms with E-state index in [1.807, 2.05) is 0 Å². The van der Waals surface area contributed by atoms with Gasteiger partial charge in [0.15, 0.2) is 15.6 Å². The van der Waals surface area contributed by atoms with Gasteiger partial charge in [-0.25, -0.2) is 8.42 Å². The number of sulfone groups is 1. The molecule has 0 bridgehead atoms. The quantitative estimate of drug-likeness (QED) is 0.667. The average molecular weight is 368 g/mol. The lowest BCUT2D eigenvalue weighted by Crippen LogP contribution is -2.12. The van der Waals surface area contributed by atoms with Crippen LogP contribution in [0.1, 0.15) is 0 Å². The standard InChI is InChI=1S/C14H12N2O6S2/c1-23(18,19)13-5-3-2-4-12(13)22-24(20,21)9-6-7-11-10(8-9)14(17)16-15-11/h2-8H,1H3,(H2,15,16,17). The molecule has 3 rings (SSSR count). The number of aromatic amines is 1. The van der Waals surface area contributed by atoms with Crippen molar-refractivity contribution in [3.8, 4) is 11.6 Å². The van der Waals surface area contributed by atoms with Gasteiger partial charge in [-0.15, -0.1) is 5.10 Å². The molecular weight excluding hydrogens is 356 g/mol. The highest BCUT2D eigenvalue weighted by molar-refractivity contribution is 7.91. The number of hydrogen-bond acceptors (Lipinski definition) is 7. The van der Waals surface area contributed by atoms with Crippen LogP contribution < -0.4 is 4.18 Å².